The van der Waals surface area contributed by atoms with Crippen LogP contribution in [-0.2, 0) is 0 Å². The maximum atomic E-state index is 6.29. The molecule has 2 heterocycles. The second-order valence-electron chi connectivity index (χ2n) is 6.16. The Morgan fingerprint density at radius 1 is 1.00 bits per heavy atom. The average Bonchev–Trinajstić information content (AvgIpc) is 3.32. The Bertz CT molecular complexity index is 1220. The molecule has 3 aromatic carbocycles. The van der Waals surface area contributed by atoms with Crippen molar-refractivity contribution in [3.05, 3.63) is 69.7 Å². The maximum Gasteiger partial charge on any atom is 0.231 e. The molecule has 5 nitrogen and oxygen atoms in total. The van der Waals surface area contributed by atoms with E-state index in [4.69, 9.17) is 25.5 Å². The van der Waals surface area contributed by atoms with Gasteiger partial charge in [-0.25, -0.2) is 4.98 Å². The van der Waals surface area contributed by atoms with Gasteiger partial charge in [0.25, 0.3) is 0 Å². The number of aliphatic imine (C=N–C) groups is 1. The van der Waals surface area contributed by atoms with Gasteiger partial charge in [0.05, 0.1) is 10.7 Å². The zero-order valence-electron chi connectivity index (χ0n) is 14.4. The number of oxazole rings is 1. The summed E-state index contributed by atoms with van der Waals surface area (Å²) < 4.78 is 17.6. The molecule has 28 heavy (non-hydrogen) atoms. The summed E-state index contributed by atoms with van der Waals surface area (Å²) in [4.78, 5) is 9.05. The van der Waals surface area contributed by atoms with E-state index >= 15 is 0 Å². The van der Waals surface area contributed by atoms with Crippen molar-refractivity contribution in [2.24, 2.45) is 4.99 Å². The molecule has 0 bridgehead atoms. The van der Waals surface area contributed by atoms with E-state index in [2.05, 4.69) is 25.9 Å². The van der Waals surface area contributed by atoms with E-state index in [0.717, 1.165) is 26.8 Å². The topological polar surface area (TPSA) is 56.9 Å². The van der Waals surface area contributed by atoms with Crippen LogP contribution in [0.5, 0.6) is 11.5 Å². The molecule has 4 aromatic rings. The van der Waals surface area contributed by atoms with Gasteiger partial charge in [-0.1, -0.05) is 27.5 Å². The molecule has 1 aliphatic rings. The third-order valence-corrected chi connectivity index (χ3v) is 5.16. The van der Waals surface area contributed by atoms with E-state index in [1.807, 2.05) is 48.5 Å². The van der Waals surface area contributed by atoms with Gasteiger partial charge in [-0.15, -0.1) is 0 Å². The molecule has 5 rings (SSSR count). The number of halogens is 2. The van der Waals surface area contributed by atoms with E-state index in [-0.39, 0.29) is 6.79 Å². The summed E-state index contributed by atoms with van der Waals surface area (Å²) in [6.45, 7) is 0.203. The second-order valence-corrected chi connectivity index (χ2v) is 7.49. The smallest absolute Gasteiger partial charge is 0.231 e. The zero-order valence-corrected chi connectivity index (χ0v) is 16.7. The third kappa shape index (κ3) is 3.25. The summed E-state index contributed by atoms with van der Waals surface area (Å²) in [6, 6.07) is 17.0. The number of rotatable bonds is 3. The molecule has 138 valence electrons. The molecule has 0 atom stereocenters. The van der Waals surface area contributed by atoms with Crippen molar-refractivity contribution in [3.8, 4) is 23.0 Å². The number of aromatic nitrogens is 1. The highest BCUT2D eigenvalue weighted by Gasteiger charge is 2.15. The molecule has 0 spiro atoms. The van der Waals surface area contributed by atoms with Crippen LogP contribution in [0.25, 0.3) is 22.6 Å². The lowest BCUT2D eigenvalue weighted by atomic mass is 10.2. The van der Waals surface area contributed by atoms with Gasteiger partial charge in [-0.2, -0.15) is 0 Å². The summed E-state index contributed by atoms with van der Waals surface area (Å²) >= 11 is 9.72. The predicted molar refractivity (Wildman–Crippen MR) is 112 cm³/mol. The molecule has 1 aromatic heterocycles. The molecule has 1 aliphatic heterocycles. The Labute approximate surface area is 173 Å². The Morgan fingerprint density at radius 3 is 2.61 bits per heavy atom. The molecule has 0 saturated heterocycles. The highest BCUT2D eigenvalue weighted by molar-refractivity contribution is 9.10. The minimum Gasteiger partial charge on any atom is -0.454 e. The highest BCUT2D eigenvalue weighted by Crippen LogP contribution is 2.36. The van der Waals surface area contributed by atoms with Crippen molar-refractivity contribution < 1.29 is 13.9 Å². The first-order chi connectivity index (χ1) is 13.7. The van der Waals surface area contributed by atoms with Gasteiger partial charge in [0, 0.05) is 33.9 Å². The molecule has 0 fully saturated rings. The first-order valence-electron chi connectivity index (χ1n) is 8.45. The van der Waals surface area contributed by atoms with E-state index < -0.39 is 0 Å². The van der Waals surface area contributed by atoms with Crippen LogP contribution in [0, 0.1) is 0 Å². The fourth-order valence-electron chi connectivity index (χ4n) is 2.89. The normalized spacial score (nSPS) is 12.9. The molecule has 0 aliphatic carbocycles. The Kier molecular flexibility index (Phi) is 4.30. The number of nitrogens with zero attached hydrogens (tertiary/aromatic N) is 2. The van der Waals surface area contributed by atoms with Crippen LogP contribution >= 0.6 is 27.5 Å². The minimum absolute atomic E-state index is 0.203. The van der Waals surface area contributed by atoms with Crippen molar-refractivity contribution in [2.75, 3.05) is 6.79 Å². The predicted octanol–water partition coefficient (Wildman–Crippen LogP) is 6.39. The van der Waals surface area contributed by atoms with Crippen molar-refractivity contribution >= 4 is 50.5 Å². The van der Waals surface area contributed by atoms with Gasteiger partial charge in [-0.05, 0) is 42.5 Å². The zero-order chi connectivity index (χ0) is 19.1. The maximum absolute atomic E-state index is 6.29. The molecular weight excluding hydrogens is 444 g/mol. The SMILES string of the molecule is Clc1cc2c(cc1C=Nc1ccc3nc(-c4ccc(Br)cc4)oc3c1)OCO2. The Morgan fingerprint density at radius 2 is 1.79 bits per heavy atom. The number of hydrogen-bond donors (Lipinski definition) is 0. The monoisotopic (exact) mass is 454 g/mol. The van der Waals surface area contributed by atoms with Gasteiger partial charge in [-0.3, -0.25) is 4.99 Å². The number of hydrogen-bond acceptors (Lipinski definition) is 5. The third-order valence-electron chi connectivity index (χ3n) is 4.31. The minimum atomic E-state index is 0.203. The van der Waals surface area contributed by atoms with Crippen molar-refractivity contribution in [1.82, 2.24) is 4.98 Å². The molecule has 0 N–H and O–H groups in total. The standard InChI is InChI=1S/C21H12BrClN2O3/c22-14-3-1-12(2-4-14)21-25-17-6-5-15(8-18(17)28-21)24-10-13-7-19-20(9-16(13)23)27-11-26-19/h1-10H,11H2. The Balaban J connectivity index is 1.45. The number of fused-ring (bicyclic) bond motifs is 2. The van der Waals surface area contributed by atoms with E-state index in [1.165, 1.54) is 0 Å². The van der Waals surface area contributed by atoms with Gasteiger partial charge in [0.2, 0.25) is 12.7 Å². The van der Waals surface area contributed by atoms with Gasteiger partial charge < -0.3 is 13.9 Å². The van der Waals surface area contributed by atoms with Crippen LogP contribution < -0.4 is 9.47 Å². The molecule has 7 heteroatoms. The van der Waals surface area contributed by atoms with Gasteiger partial charge in [0.1, 0.15) is 5.52 Å². The van der Waals surface area contributed by atoms with Crippen LogP contribution in [0.4, 0.5) is 5.69 Å². The lowest BCUT2D eigenvalue weighted by Crippen LogP contribution is -1.92. The number of ether oxygens (including phenoxy) is 2. The molecule has 0 unspecified atom stereocenters. The van der Waals surface area contributed by atoms with Crippen molar-refractivity contribution in [2.45, 2.75) is 0 Å². The van der Waals surface area contributed by atoms with Crippen LogP contribution in [0.3, 0.4) is 0 Å². The number of benzene rings is 3. The molecule has 0 radical (unpaired) electrons. The van der Waals surface area contributed by atoms with Crippen molar-refractivity contribution in [3.63, 3.8) is 0 Å². The van der Waals surface area contributed by atoms with E-state index in [0.29, 0.717) is 28.0 Å². The van der Waals surface area contributed by atoms with Crippen LogP contribution in [-0.4, -0.2) is 18.0 Å². The largest absolute Gasteiger partial charge is 0.454 e. The van der Waals surface area contributed by atoms with E-state index in [9.17, 15) is 0 Å². The first-order valence-corrected chi connectivity index (χ1v) is 9.62. The molecule has 0 amide bonds. The fourth-order valence-corrected chi connectivity index (χ4v) is 3.35. The van der Waals surface area contributed by atoms with Gasteiger partial charge >= 0.3 is 0 Å². The highest BCUT2D eigenvalue weighted by atomic mass is 79.9. The van der Waals surface area contributed by atoms with Crippen LogP contribution in [0.15, 0.2) is 68.5 Å². The summed E-state index contributed by atoms with van der Waals surface area (Å²) in [5, 5.41) is 0.547. The van der Waals surface area contributed by atoms with Gasteiger partial charge in [0.15, 0.2) is 17.1 Å². The summed E-state index contributed by atoms with van der Waals surface area (Å²) in [7, 11) is 0. The average molecular weight is 456 g/mol. The Hall–Kier alpha value is -2.83. The summed E-state index contributed by atoms with van der Waals surface area (Å²) in [5.41, 5.74) is 3.85. The summed E-state index contributed by atoms with van der Waals surface area (Å²) in [5.74, 6) is 1.88. The van der Waals surface area contributed by atoms with Crippen molar-refractivity contribution in [1.29, 1.82) is 0 Å². The fraction of sp³-hybridized carbons (Fsp3) is 0.0476. The second kappa shape index (κ2) is 6.96. The molecule has 0 saturated carbocycles. The molecular formula is C21H12BrClN2O3. The lowest BCUT2D eigenvalue weighted by Gasteiger charge is -2.01. The first kappa shape index (κ1) is 17.3. The van der Waals surface area contributed by atoms with Crippen LogP contribution in [0.1, 0.15) is 5.56 Å². The van der Waals surface area contributed by atoms with Crippen LogP contribution in [0.2, 0.25) is 5.02 Å². The summed E-state index contributed by atoms with van der Waals surface area (Å²) in [6.07, 6.45) is 1.69. The van der Waals surface area contributed by atoms with E-state index in [1.54, 1.807) is 12.3 Å². The quantitative estimate of drug-likeness (QED) is 0.336. The lowest BCUT2D eigenvalue weighted by molar-refractivity contribution is 0.174.